The van der Waals surface area contributed by atoms with Crippen LogP contribution >= 0.6 is 0 Å². The first-order valence-electron chi connectivity index (χ1n) is 6.38. The van der Waals surface area contributed by atoms with E-state index in [0.29, 0.717) is 25.0 Å². The summed E-state index contributed by atoms with van der Waals surface area (Å²) in [5.41, 5.74) is 7.90. The molecule has 104 valence electrons. The molecule has 0 N–H and O–H groups in total. The lowest BCUT2D eigenvalue weighted by molar-refractivity contribution is -0.154. The van der Waals surface area contributed by atoms with Gasteiger partial charge in [-0.15, -0.1) is 0 Å². The summed E-state index contributed by atoms with van der Waals surface area (Å²) in [4.78, 5) is 14.5. The summed E-state index contributed by atoms with van der Waals surface area (Å²) in [5, 5.41) is 3.60. The molecule has 0 heterocycles. The Bertz CT molecular complexity index is 315. The number of azide groups is 1. The van der Waals surface area contributed by atoms with Crippen molar-refractivity contribution in [3.8, 4) is 0 Å². The number of nitrogens with zero attached hydrogens (tertiary/aromatic N) is 3. The number of hydrogen-bond donors (Lipinski definition) is 0. The number of esters is 1. The van der Waals surface area contributed by atoms with Crippen LogP contribution in [0.4, 0.5) is 0 Å². The summed E-state index contributed by atoms with van der Waals surface area (Å²) in [6.45, 7) is 12.5. The molecule has 18 heavy (non-hydrogen) atoms. The Kier molecular flexibility index (Phi) is 6.77. The van der Waals surface area contributed by atoms with Crippen LogP contribution in [0.3, 0.4) is 0 Å². The van der Waals surface area contributed by atoms with Crippen LogP contribution in [0.15, 0.2) is 5.11 Å². The Labute approximate surface area is 110 Å². The second-order valence-electron chi connectivity index (χ2n) is 6.13. The maximum Gasteiger partial charge on any atom is 0.311 e. The Hall–Kier alpha value is -1.22. The fourth-order valence-corrected chi connectivity index (χ4v) is 1.46. The summed E-state index contributed by atoms with van der Waals surface area (Å²) in [6, 6.07) is 0. The highest BCUT2D eigenvalue weighted by molar-refractivity contribution is 5.75. The van der Waals surface area contributed by atoms with Crippen LogP contribution in [0.25, 0.3) is 10.4 Å². The fraction of sp³-hybridized carbons (Fsp3) is 0.923. The number of carbonyl (C=O) groups excluding carboxylic acids is 1. The molecule has 0 fully saturated rings. The zero-order chi connectivity index (χ0) is 14.3. The van der Waals surface area contributed by atoms with E-state index in [4.69, 9.17) is 10.3 Å². The number of carbonyl (C=O) groups is 1. The Balaban J connectivity index is 4.51. The molecule has 5 nitrogen and oxygen atoms in total. The molecule has 0 radical (unpaired) electrons. The van der Waals surface area contributed by atoms with Crippen LogP contribution in [0.5, 0.6) is 0 Å². The Morgan fingerprint density at radius 3 is 2.28 bits per heavy atom. The molecule has 0 amide bonds. The largest absolute Gasteiger partial charge is 0.465 e. The molecule has 0 aliphatic carbocycles. The molecule has 0 bridgehead atoms. The lowest BCUT2D eigenvalue weighted by Crippen LogP contribution is -2.30. The predicted molar refractivity (Wildman–Crippen MR) is 71.9 cm³/mol. The normalized spacial score (nSPS) is 14.8. The van der Waals surface area contributed by atoms with E-state index in [1.165, 1.54) is 0 Å². The molecule has 0 aliphatic heterocycles. The maximum atomic E-state index is 11.7. The van der Waals surface area contributed by atoms with Crippen molar-refractivity contribution >= 4 is 5.97 Å². The van der Waals surface area contributed by atoms with Crippen molar-refractivity contribution in [2.45, 2.75) is 41.5 Å². The van der Waals surface area contributed by atoms with Gasteiger partial charge in [-0.3, -0.25) is 4.79 Å². The molecular formula is C13H25N3O2. The molecule has 0 rings (SSSR count). The van der Waals surface area contributed by atoms with E-state index in [1.807, 2.05) is 20.8 Å². The Morgan fingerprint density at radius 2 is 1.89 bits per heavy atom. The van der Waals surface area contributed by atoms with Gasteiger partial charge >= 0.3 is 5.97 Å². The van der Waals surface area contributed by atoms with Crippen molar-refractivity contribution in [2.24, 2.45) is 28.3 Å². The highest BCUT2D eigenvalue weighted by atomic mass is 16.5. The summed E-state index contributed by atoms with van der Waals surface area (Å²) in [7, 11) is 0. The SMILES string of the molecule is CC(C)[C@H](C)[C@H](CN=[N+]=[N-])COC(=O)C(C)(C)C. The number of ether oxygens (including phenoxy) is 1. The maximum absolute atomic E-state index is 11.7. The topological polar surface area (TPSA) is 75.1 Å². The van der Waals surface area contributed by atoms with E-state index in [-0.39, 0.29) is 11.9 Å². The van der Waals surface area contributed by atoms with E-state index < -0.39 is 5.41 Å². The van der Waals surface area contributed by atoms with Gasteiger partial charge in [-0.1, -0.05) is 25.9 Å². The van der Waals surface area contributed by atoms with Crippen LogP contribution in [0.1, 0.15) is 41.5 Å². The summed E-state index contributed by atoms with van der Waals surface area (Å²) >= 11 is 0. The first-order chi connectivity index (χ1) is 8.20. The van der Waals surface area contributed by atoms with Gasteiger partial charge in [-0.2, -0.15) is 0 Å². The van der Waals surface area contributed by atoms with Crippen molar-refractivity contribution in [1.29, 1.82) is 0 Å². The van der Waals surface area contributed by atoms with E-state index >= 15 is 0 Å². The molecule has 0 aliphatic rings. The van der Waals surface area contributed by atoms with Gasteiger partial charge < -0.3 is 4.74 Å². The first kappa shape index (κ1) is 16.8. The Morgan fingerprint density at radius 1 is 1.33 bits per heavy atom. The third-order valence-corrected chi connectivity index (χ3v) is 3.22. The second-order valence-corrected chi connectivity index (χ2v) is 6.13. The standard InChI is InChI=1S/C13H25N3O2/c1-9(2)10(3)11(7-15-16-14)8-18-12(17)13(4,5)6/h9-11H,7-8H2,1-6H3/t10-,11+/m0/s1. The molecule has 5 heteroatoms. The molecule has 2 atom stereocenters. The van der Waals surface area contributed by atoms with Gasteiger partial charge in [-0.05, 0) is 38.1 Å². The van der Waals surface area contributed by atoms with Gasteiger partial charge in [0.1, 0.15) is 0 Å². The zero-order valence-corrected chi connectivity index (χ0v) is 12.3. The molecule has 0 unspecified atom stereocenters. The zero-order valence-electron chi connectivity index (χ0n) is 12.3. The van der Waals surface area contributed by atoms with Crippen LogP contribution in [0.2, 0.25) is 0 Å². The fourth-order valence-electron chi connectivity index (χ4n) is 1.46. The van der Waals surface area contributed by atoms with Gasteiger partial charge in [0, 0.05) is 17.4 Å². The van der Waals surface area contributed by atoms with E-state index in [9.17, 15) is 4.79 Å². The lowest BCUT2D eigenvalue weighted by atomic mass is 9.85. The van der Waals surface area contributed by atoms with Crippen molar-refractivity contribution in [3.05, 3.63) is 10.4 Å². The number of hydrogen-bond acceptors (Lipinski definition) is 3. The number of rotatable bonds is 6. The predicted octanol–water partition coefficient (Wildman–Crippen LogP) is 3.79. The van der Waals surface area contributed by atoms with Crippen LogP contribution in [-0.4, -0.2) is 19.1 Å². The third-order valence-electron chi connectivity index (χ3n) is 3.22. The lowest BCUT2D eigenvalue weighted by Gasteiger charge is -2.26. The average molecular weight is 255 g/mol. The van der Waals surface area contributed by atoms with Crippen molar-refractivity contribution in [1.82, 2.24) is 0 Å². The van der Waals surface area contributed by atoms with Gasteiger partial charge in [0.05, 0.1) is 12.0 Å². The van der Waals surface area contributed by atoms with Crippen molar-refractivity contribution in [2.75, 3.05) is 13.2 Å². The molecule has 0 aromatic rings. The molecule has 0 aromatic carbocycles. The van der Waals surface area contributed by atoms with Crippen molar-refractivity contribution < 1.29 is 9.53 Å². The van der Waals surface area contributed by atoms with E-state index in [1.54, 1.807) is 0 Å². The van der Waals surface area contributed by atoms with Crippen LogP contribution in [-0.2, 0) is 9.53 Å². The van der Waals surface area contributed by atoms with E-state index in [0.717, 1.165) is 0 Å². The van der Waals surface area contributed by atoms with Gasteiger partial charge in [-0.25, -0.2) is 0 Å². The van der Waals surface area contributed by atoms with E-state index in [2.05, 4.69) is 30.8 Å². The molecule has 0 saturated heterocycles. The minimum absolute atomic E-state index is 0.0761. The quantitative estimate of drug-likeness (QED) is 0.313. The molecule has 0 spiro atoms. The van der Waals surface area contributed by atoms with Crippen molar-refractivity contribution in [3.63, 3.8) is 0 Å². The highest BCUT2D eigenvalue weighted by Crippen LogP contribution is 2.23. The van der Waals surface area contributed by atoms with Gasteiger partial charge in [0.2, 0.25) is 0 Å². The minimum atomic E-state index is -0.496. The second kappa shape index (κ2) is 7.27. The summed E-state index contributed by atoms with van der Waals surface area (Å²) in [6.07, 6.45) is 0. The van der Waals surface area contributed by atoms with Gasteiger partial charge in [0.25, 0.3) is 0 Å². The van der Waals surface area contributed by atoms with Gasteiger partial charge in [0.15, 0.2) is 0 Å². The first-order valence-corrected chi connectivity index (χ1v) is 6.38. The summed E-state index contributed by atoms with van der Waals surface area (Å²) < 4.78 is 5.31. The smallest absolute Gasteiger partial charge is 0.311 e. The molecule has 0 aromatic heterocycles. The highest BCUT2D eigenvalue weighted by Gasteiger charge is 2.26. The average Bonchev–Trinajstić information content (AvgIpc) is 2.26. The third kappa shape index (κ3) is 5.92. The molecular weight excluding hydrogens is 230 g/mol. The van der Waals surface area contributed by atoms with Crippen LogP contribution in [0, 0.1) is 23.2 Å². The summed E-state index contributed by atoms with van der Waals surface area (Å²) in [5.74, 6) is 0.650. The monoisotopic (exact) mass is 255 g/mol. The minimum Gasteiger partial charge on any atom is -0.465 e. The van der Waals surface area contributed by atoms with Crippen LogP contribution < -0.4 is 0 Å². The molecule has 0 saturated carbocycles.